The van der Waals surface area contributed by atoms with Crippen LogP contribution in [0.2, 0.25) is 0 Å². The molecule has 0 amide bonds. The number of benzene rings is 2. The predicted molar refractivity (Wildman–Crippen MR) is 129 cm³/mol. The molecular weight excluding hydrogens is 481 g/mol. The minimum atomic E-state index is 0. The minimum absolute atomic E-state index is 0. The number of guanidine groups is 1. The molecule has 0 atom stereocenters. The highest BCUT2D eigenvalue weighted by molar-refractivity contribution is 14.0. The van der Waals surface area contributed by atoms with Gasteiger partial charge in [-0.1, -0.05) is 36.4 Å². The van der Waals surface area contributed by atoms with Crippen LogP contribution in [0.4, 0.5) is 0 Å². The second-order valence-corrected chi connectivity index (χ2v) is 6.33. The van der Waals surface area contributed by atoms with Gasteiger partial charge in [-0.2, -0.15) is 0 Å². The van der Waals surface area contributed by atoms with Crippen molar-refractivity contribution in [2.24, 2.45) is 10.7 Å². The number of halogens is 1. The number of rotatable bonds is 12. The van der Waals surface area contributed by atoms with Crippen LogP contribution in [0.15, 0.2) is 53.5 Å². The van der Waals surface area contributed by atoms with Crippen molar-refractivity contribution in [3.63, 3.8) is 0 Å². The third-order valence-corrected chi connectivity index (χ3v) is 4.27. The molecule has 0 unspecified atom stereocenters. The Morgan fingerprint density at radius 2 is 1.69 bits per heavy atom. The lowest BCUT2D eigenvalue weighted by atomic mass is 10.1. The van der Waals surface area contributed by atoms with Crippen LogP contribution in [0.3, 0.4) is 0 Å². The first-order valence-electron chi connectivity index (χ1n) is 9.59. The van der Waals surface area contributed by atoms with Crippen molar-refractivity contribution in [1.82, 2.24) is 5.32 Å². The van der Waals surface area contributed by atoms with Gasteiger partial charge in [-0.05, 0) is 42.5 Å². The highest BCUT2D eigenvalue weighted by atomic mass is 127. The molecule has 0 aliphatic heterocycles. The van der Waals surface area contributed by atoms with Crippen molar-refractivity contribution in [3.8, 4) is 11.5 Å². The minimum Gasteiger partial charge on any atom is -0.493 e. The Hall–Kier alpha value is -2.00. The summed E-state index contributed by atoms with van der Waals surface area (Å²) in [5.41, 5.74) is 8.35. The van der Waals surface area contributed by atoms with Crippen molar-refractivity contribution in [2.75, 3.05) is 40.5 Å². The number of ether oxygens (including phenoxy) is 3. The number of hydrogen-bond donors (Lipinski definition) is 2. The Kier molecular flexibility index (Phi) is 12.9. The first kappa shape index (κ1) is 25.0. The zero-order valence-electron chi connectivity index (χ0n) is 17.2. The monoisotopic (exact) mass is 513 g/mol. The van der Waals surface area contributed by atoms with E-state index >= 15 is 0 Å². The van der Waals surface area contributed by atoms with Crippen LogP contribution in [0.5, 0.6) is 11.5 Å². The highest BCUT2D eigenvalue weighted by Gasteiger charge is 2.04. The van der Waals surface area contributed by atoms with Crippen LogP contribution in [0.25, 0.3) is 0 Å². The zero-order valence-corrected chi connectivity index (χ0v) is 19.6. The molecule has 29 heavy (non-hydrogen) atoms. The topological polar surface area (TPSA) is 78.1 Å². The Labute approximate surface area is 190 Å². The standard InChI is InChI=1S/C22H31N3O3.HI/c1-26-20-10-9-19(17-21(20)27-2)11-14-25-22(23)24-13-6-15-28-16-12-18-7-4-3-5-8-18;/h3-5,7-10,17H,6,11-16H2,1-2H3,(H3,23,24,25);1H. The maximum absolute atomic E-state index is 5.91. The molecule has 0 aliphatic rings. The fourth-order valence-corrected chi connectivity index (χ4v) is 2.73. The average molecular weight is 513 g/mol. The molecule has 0 fully saturated rings. The second-order valence-electron chi connectivity index (χ2n) is 6.33. The van der Waals surface area contributed by atoms with Gasteiger partial charge in [0.2, 0.25) is 0 Å². The maximum atomic E-state index is 5.91. The summed E-state index contributed by atoms with van der Waals surface area (Å²) >= 11 is 0. The Bertz CT molecular complexity index is 726. The predicted octanol–water partition coefficient (Wildman–Crippen LogP) is 3.42. The Balaban J connectivity index is 0.00000420. The van der Waals surface area contributed by atoms with Gasteiger partial charge in [0.1, 0.15) is 0 Å². The molecule has 0 aromatic heterocycles. The summed E-state index contributed by atoms with van der Waals surface area (Å²) in [7, 11) is 3.26. The van der Waals surface area contributed by atoms with Crippen molar-refractivity contribution in [1.29, 1.82) is 0 Å². The normalized spacial score (nSPS) is 10.9. The van der Waals surface area contributed by atoms with Crippen LogP contribution >= 0.6 is 24.0 Å². The van der Waals surface area contributed by atoms with Gasteiger partial charge in [-0.3, -0.25) is 4.99 Å². The quantitative estimate of drug-likeness (QED) is 0.197. The molecule has 160 valence electrons. The van der Waals surface area contributed by atoms with E-state index in [1.807, 2.05) is 36.4 Å². The number of aliphatic imine (C=N–C) groups is 1. The molecule has 2 aromatic carbocycles. The smallest absolute Gasteiger partial charge is 0.188 e. The fourth-order valence-electron chi connectivity index (χ4n) is 2.73. The largest absolute Gasteiger partial charge is 0.493 e. The van der Waals surface area contributed by atoms with Crippen LogP contribution < -0.4 is 20.5 Å². The van der Waals surface area contributed by atoms with E-state index in [1.165, 1.54) is 5.56 Å². The van der Waals surface area contributed by atoms with Gasteiger partial charge < -0.3 is 25.3 Å². The fraction of sp³-hybridized carbons (Fsp3) is 0.409. The van der Waals surface area contributed by atoms with E-state index in [0.717, 1.165) is 42.9 Å². The number of nitrogens with zero attached hydrogens (tertiary/aromatic N) is 1. The molecule has 0 saturated carbocycles. The number of hydrogen-bond acceptors (Lipinski definition) is 4. The molecule has 7 heteroatoms. The Morgan fingerprint density at radius 1 is 0.931 bits per heavy atom. The van der Waals surface area contributed by atoms with Gasteiger partial charge in [-0.25, -0.2) is 0 Å². The average Bonchev–Trinajstić information content (AvgIpc) is 2.73. The van der Waals surface area contributed by atoms with Crippen molar-refractivity contribution in [3.05, 3.63) is 59.7 Å². The summed E-state index contributed by atoms with van der Waals surface area (Å²) in [6.07, 6.45) is 2.61. The first-order valence-corrected chi connectivity index (χ1v) is 9.59. The van der Waals surface area contributed by atoms with Gasteiger partial charge in [0, 0.05) is 19.7 Å². The van der Waals surface area contributed by atoms with Crippen molar-refractivity contribution < 1.29 is 14.2 Å². The van der Waals surface area contributed by atoms with E-state index in [1.54, 1.807) is 14.2 Å². The SMILES string of the molecule is COc1ccc(CCNC(N)=NCCCOCCc2ccccc2)cc1OC.I. The molecule has 2 aromatic rings. The van der Waals surface area contributed by atoms with E-state index in [4.69, 9.17) is 19.9 Å². The van der Waals surface area contributed by atoms with E-state index < -0.39 is 0 Å². The van der Waals surface area contributed by atoms with Crippen LogP contribution in [-0.2, 0) is 17.6 Å². The van der Waals surface area contributed by atoms with E-state index in [-0.39, 0.29) is 24.0 Å². The zero-order chi connectivity index (χ0) is 20.0. The summed E-state index contributed by atoms with van der Waals surface area (Å²) in [6.45, 7) is 2.78. The van der Waals surface area contributed by atoms with Gasteiger partial charge in [-0.15, -0.1) is 24.0 Å². The molecule has 3 N–H and O–H groups in total. The molecule has 6 nitrogen and oxygen atoms in total. The molecule has 2 rings (SSSR count). The molecular formula is C22H32IN3O3. The third-order valence-electron chi connectivity index (χ3n) is 4.27. The van der Waals surface area contributed by atoms with Crippen LogP contribution in [0, 0.1) is 0 Å². The van der Waals surface area contributed by atoms with Crippen molar-refractivity contribution >= 4 is 29.9 Å². The highest BCUT2D eigenvalue weighted by Crippen LogP contribution is 2.27. The second kappa shape index (κ2) is 14.9. The number of nitrogens with one attached hydrogen (secondary N) is 1. The van der Waals surface area contributed by atoms with E-state index in [2.05, 4.69) is 22.4 Å². The first-order chi connectivity index (χ1) is 13.7. The number of nitrogens with two attached hydrogens (primary N) is 1. The molecule has 0 bridgehead atoms. The molecule has 0 radical (unpaired) electrons. The molecule has 0 heterocycles. The van der Waals surface area contributed by atoms with Gasteiger partial charge in [0.05, 0.1) is 20.8 Å². The van der Waals surface area contributed by atoms with Gasteiger partial charge in [0.15, 0.2) is 17.5 Å². The van der Waals surface area contributed by atoms with Crippen LogP contribution in [0.1, 0.15) is 17.5 Å². The summed E-state index contributed by atoms with van der Waals surface area (Å²) in [6, 6.07) is 16.2. The lowest BCUT2D eigenvalue weighted by Gasteiger charge is -2.10. The van der Waals surface area contributed by atoms with Crippen molar-refractivity contribution in [2.45, 2.75) is 19.3 Å². The van der Waals surface area contributed by atoms with Crippen LogP contribution in [-0.4, -0.2) is 46.5 Å². The summed E-state index contributed by atoms with van der Waals surface area (Å²) in [4.78, 5) is 4.33. The van der Waals surface area contributed by atoms with E-state index in [0.29, 0.717) is 25.7 Å². The van der Waals surface area contributed by atoms with Gasteiger partial charge >= 0.3 is 0 Å². The lowest BCUT2D eigenvalue weighted by Crippen LogP contribution is -2.33. The summed E-state index contributed by atoms with van der Waals surface area (Å²) in [5, 5.41) is 3.14. The molecule has 0 spiro atoms. The third kappa shape index (κ3) is 9.85. The number of methoxy groups -OCH3 is 2. The maximum Gasteiger partial charge on any atom is 0.188 e. The lowest BCUT2D eigenvalue weighted by molar-refractivity contribution is 0.136. The Morgan fingerprint density at radius 3 is 2.41 bits per heavy atom. The van der Waals surface area contributed by atoms with E-state index in [9.17, 15) is 0 Å². The summed E-state index contributed by atoms with van der Waals surface area (Å²) in [5.74, 6) is 1.92. The molecule has 0 saturated heterocycles. The van der Waals surface area contributed by atoms with Gasteiger partial charge in [0.25, 0.3) is 0 Å². The summed E-state index contributed by atoms with van der Waals surface area (Å²) < 4.78 is 16.2. The molecule has 0 aliphatic carbocycles.